The number of carbonyl (C=O) groups excluding carboxylic acids is 1. The normalized spacial score (nSPS) is 11.0. The van der Waals surface area contributed by atoms with Crippen molar-refractivity contribution in [3.8, 4) is 28.2 Å². The Morgan fingerprint density at radius 2 is 1.31 bits per heavy atom. The summed E-state index contributed by atoms with van der Waals surface area (Å²) in [6.07, 6.45) is 0. The number of rotatable bonds is 5. The van der Waals surface area contributed by atoms with E-state index in [1.165, 1.54) is 0 Å². The molecule has 0 atom stereocenters. The summed E-state index contributed by atoms with van der Waals surface area (Å²) in [6, 6.07) is 36.8. The summed E-state index contributed by atoms with van der Waals surface area (Å²) in [4.78, 5) is 18.3. The van der Waals surface area contributed by atoms with Gasteiger partial charge in [0.2, 0.25) is 0 Å². The van der Waals surface area contributed by atoms with E-state index in [4.69, 9.17) is 9.52 Å². The second-order valence-corrected chi connectivity index (χ2v) is 7.99. The molecule has 6 aromatic rings. The monoisotopic (exact) mass is 456 g/mol. The first-order valence-electron chi connectivity index (χ1n) is 11.2. The minimum Gasteiger partial charge on any atom is -0.423 e. The Morgan fingerprint density at radius 1 is 0.714 bits per heavy atom. The van der Waals surface area contributed by atoms with Crippen molar-refractivity contribution in [3.63, 3.8) is 0 Å². The third kappa shape index (κ3) is 3.87. The minimum absolute atomic E-state index is 0.140. The van der Waals surface area contributed by atoms with Gasteiger partial charge in [0.15, 0.2) is 5.58 Å². The maximum absolute atomic E-state index is 13.9. The average molecular weight is 457 g/mol. The van der Waals surface area contributed by atoms with Gasteiger partial charge in [-0.2, -0.15) is 10.1 Å². The third-order valence-electron chi connectivity index (χ3n) is 5.72. The Kier molecular flexibility index (Phi) is 5.16. The first kappa shape index (κ1) is 20.6. The van der Waals surface area contributed by atoms with Crippen molar-refractivity contribution in [2.24, 2.45) is 0 Å². The number of aromatic nitrogens is 3. The first-order valence-corrected chi connectivity index (χ1v) is 11.2. The zero-order valence-corrected chi connectivity index (χ0v) is 18.6. The van der Waals surface area contributed by atoms with Crippen molar-refractivity contribution < 1.29 is 9.21 Å². The number of oxazole rings is 1. The van der Waals surface area contributed by atoms with Crippen LogP contribution in [0.3, 0.4) is 0 Å². The fourth-order valence-electron chi connectivity index (χ4n) is 4.14. The van der Waals surface area contributed by atoms with Crippen LogP contribution in [0.15, 0.2) is 120 Å². The molecular formula is C29H20N4O2. The molecule has 4 aromatic carbocycles. The third-order valence-corrected chi connectivity index (χ3v) is 5.72. The van der Waals surface area contributed by atoms with E-state index < -0.39 is 0 Å². The van der Waals surface area contributed by atoms with Gasteiger partial charge < -0.3 is 4.42 Å². The van der Waals surface area contributed by atoms with Crippen molar-refractivity contribution in [2.45, 2.75) is 0 Å². The van der Waals surface area contributed by atoms with E-state index in [0.717, 1.165) is 16.8 Å². The van der Waals surface area contributed by atoms with E-state index in [1.54, 1.807) is 0 Å². The average Bonchev–Trinajstić information content (AvgIpc) is 3.52. The van der Waals surface area contributed by atoms with Gasteiger partial charge in [-0.25, -0.2) is 4.68 Å². The zero-order chi connectivity index (χ0) is 23.6. The van der Waals surface area contributed by atoms with Gasteiger partial charge >= 0.3 is 6.01 Å². The first-order chi connectivity index (χ1) is 17.3. The predicted octanol–water partition coefficient (Wildman–Crippen LogP) is 6.60. The summed E-state index contributed by atoms with van der Waals surface area (Å²) in [5, 5.41) is 7.80. The lowest BCUT2D eigenvalue weighted by molar-refractivity contribution is 0.102. The van der Waals surface area contributed by atoms with E-state index in [-0.39, 0.29) is 11.9 Å². The molecule has 6 rings (SSSR count). The number of nitrogens with zero attached hydrogens (tertiary/aromatic N) is 3. The molecular weight excluding hydrogens is 436 g/mol. The number of hydrogen-bond donors (Lipinski definition) is 1. The summed E-state index contributed by atoms with van der Waals surface area (Å²) in [5.74, 6) is -0.351. The molecule has 0 aliphatic carbocycles. The molecule has 0 aliphatic rings. The fourth-order valence-corrected chi connectivity index (χ4v) is 4.14. The van der Waals surface area contributed by atoms with Crippen molar-refractivity contribution in [3.05, 3.63) is 121 Å². The topological polar surface area (TPSA) is 73.0 Å². The quantitative estimate of drug-likeness (QED) is 0.317. The Balaban J connectivity index is 1.57. The van der Waals surface area contributed by atoms with E-state index >= 15 is 0 Å². The molecule has 0 unspecified atom stereocenters. The van der Waals surface area contributed by atoms with Crippen molar-refractivity contribution >= 4 is 23.0 Å². The molecule has 0 bridgehead atoms. The number of nitrogens with one attached hydrogen (secondary N) is 1. The van der Waals surface area contributed by atoms with Gasteiger partial charge in [0.25, 0.3) is 5.91 Å². The van der Waals surface area contributed by atoms with Crippen LogP contribution in [-0.2, 0) is 0 Å². The number of fused-ring (bicyclic) bond motifs is 1. The molecule has 0 fully saturated rings. The van der Waals surface area contributed by atoms with Crippen LogP contribution < -0.4 is 5.32 Å². The molecule has 6 heteroatoms. The smallest absolute Gasteiger partial charge is 0.302 e. The van der Waals surface area contributed by atoms with Crippen LogP contribution in [-0.4, -0.2) is 20.7 Å². The van der Waals surface area contributed by atoms with Crippen LogP contribution in [0, 0.1) is 0 Å². The highest BCUT2D eigenvalue weighted by atomic mass is 16.4. The molecule has 0 spiro atoms. The van der Waals surface area contributed by atoms with Crippen LogP contribution in [0.5, 0.6) is 0 Å². The van der Waals surface area contributed by atoms with Crippen LogP contribution in [0.4, 0.5) is 6.01 Å². The molecule has 1 N–H and O–H groups in total. The standard InChI is InChI=1S/C29H20N4O2/c34-28(31-29-30-23-18-10-11-19-24(23)35-29)25-26(20-12-4-1-5-13-20)32-33(22-16-8-3-9-17-22)27(25)21-14-6-2-7-15-21/h1-19H,(H,30,31,34). The second-order valence-electron chi connectivity index (χ2n) is 7.99. The number of carbonyl (C=O) groups is 1. The zero-order valence-electron chi connectivity index (χ0n) is 18.6. The molecule has 2 heterocycles. The number of para-hydroxylation sites is 3. The number of benzene rings is 4. The Bertz CT molecular complexity index is 1590. The van der Waals surface area contributed by atoms with Crippen LogP contribution >= 0.6 is 0 Å². The van der Waals surface area contributed by atoms with Crippen LogP contribution in [0.2, 0.25) is 0 Å². The molecule has 35 heavy (non-hydrogen) atoms. The predicted molar refractivity (Wildman–Crippen MR) is 136 cm³/mol. The van der Waals surface area contributed by atoms with Gasteiger partial charge in [-0.05, 0) is 24.3 Å². The number of amides is 1. The van der Waals surface area contributed by atoms with Crippen molar-refractivity contribution in [2.75, 3.05) is 5.32 Å². The summed E-state index contributed by atoms with van der Waals surface area (Å²) in [7, 11) is 0. The van der Waals surface area contributed by atoms with Gasteiger partial charge in [0.1, 0.15) is 11.2 Å². The second kappa shape index (κ2) is 8.76. The summed E-state index contributed by atoms with van der Waals surface area (Å²) < 4.78 is 7.59. The fraction of sp³-hybridized carbons (Fsp3) is 0. The molecule has 0 saturated carbocycles. The Morgan fingerprint density at radius 3 is 2.00 bits per heavy atom. The van der Waals surface area contributed by atoms with Gasteiger partial charge in [-0.3, -0.25) is 10.1 Å². The maximum atomic E-state index is 13.9. The van der Waals surface area contributed by atoms with E-state index in [2.05, 4.69) is 10.3 Å². The lowest BCUT2D eigenvalue weighted by Crippen LogP contribution is -2.14. The van der Waals surface area contributed by atoms with Gasteiger partial charge in [0.05, 0.1) is 16.9 Å². The lowest BCUT2D eigenvalue weighted by Gasteiger charge is -2.10. The van der Waals surface area contributed by atoms with Crippen LogP contribution in [0.1, 0.15) is 10.4 Å². The van der Waals surface area contributed by atoms with Gasteiger partial charge in [-0.1, -0.05) is 91.0 Å². The summed E-state index contributed by atoms with van der Waals surface area (Å²) in [6.45, 7) is 0. The highest BCUT2D eigenvalue weighted by Crippen LogP contribution is 2.35. The SMILES string of the molecule is O=C(Nc1nc2ccccc2o1)c1c(-c2ccccc2)nn(-c2ccccc2)c1-c1ccccc1. The molecule has 0 saturated heterocycles. The highest BCUT2D eigenvalue weighted by Gasteiger charge is 2.27. The largest absolute Gasteiger partial charge is 0.423 e. The van der Waals surface area contributed by atoms with Crippen molar-refractivity contribution in [1.29, 1.82) is 0 Å². The molecule has 1 amide bonds. The molecule has 0 aliphatic heterocycles. The van der Waals surface area contributed by atoms with Gasteiger partial charge in [-0.15, -0.1) is 0 Å². The Labute approximate surface area is 201 Å². The van der Waals surface area contributed by atoms with Crippen molar-refractivity contribution in [1.82, 2.24) is 14.8 Å². The van der Waals surface area contributed by atoms with E-state index in [9.17, 15) is 4.79 Å². The van der Waals surface area contributed by atoms with E-state index in [0.29, 0.717) is 28.1 Å². The molecule has 2 aromatic heterocycles. The summed E-state index contributed by atoms with van der Waals surface area (Å²) in [5.41, 5.74) is 5.53. The van der Waals surface area contributed by atoms with Gasteiger partial charge in [0, 0.05) is 11.1 Å². The molecule has 6 nitrogen and oxygen atoms in total. The van der Waals surface area contributed by atoms with Crippen LogP contribution in [0.25, 0.3) is 39.3 Å². The lowest BCUT2D eigenvalue weighted by atomic mass is 10.0. The maximum Gasteiger partial charge on any atom is 0.302 e. The minimum atomic E-state index is -0.351. The Hall–Kier alpha value is -4.97. The number of anilines is 1. The summed E-state index contributed by atoms with van der Waals surface area (Å²) >= 11 is 0. The van der Waals surface area contributed by atoms with E-state index in [1.807, 2.05) is 120 Å². The molecule has 0 radical (unpaired) electrons. The molecule has 168 valence electrons. The number of hydrogen-bond acceptors (Lipinski definition) is 4. The highest BCUT2D eigenvalue weighted by molar-refractivity contribution is 6.12.